The molecule has 0 aromatic heterocycles. The van der Waals surface area contributed by atoms with E-state index < -0.39 is 0 Å². The lowest BCUT2D eigenvalue weighted by molar-refractivity contribution is -0.116. The summed E-state index contributed by atoms with van der Waals surface area (Å²) in [5.41, 5.74) is 1.91. The second kappa shape index (κ2) is 7.64. The molecule has 2 aromatic carbocycles. The Morgan fingerprint density at radius 1 is 1.19 bits per heavy atom. The Hall–Kier alpha value is -2.07. The van der Waals surface area contributed by atoms with E-state index in [9.17, 15) is 4.79 Å². The minimum Gasteiger partial charge on any atom is -0.496 e. The van der Waals surface area contributed by atoms with Crippen molar-refractivity contribution in [1.82, 2.24) is 5.32 Å². The minimum atomic E-state index is -0.142. The Bertz CT molecular complexity index is 653. The smallest absolute Gasteiger partial charge is 0.244 e. The van der Waals surface area contributed by atoms with Crippen molar-refractivity contribution in [2.75, 3.05) is 7.11 Å². The van der Waals surface area contributed by atoms with Gasteiger partial charge >= 0.3 is 0 Å². The van der Waals surface area contributed by atoms with Crippen LogP contribution in [0.1, 0.15) is 11.1 Å². The van der Waals surface area contributed by atoms with Gasteiger partial charge in [-0.25, -0.2) is 0 Å². The highest BCUT2D eigenvalue weighted by molar-refractivity contribution is 9.10. The minimum absolute atomic E-state index is 0.142. The predicted octanol–water partition coefficient (Wildman–Crippen LogP) is 3.79. The van der Waals surface area contributed by atoms with E-state index in [0.29, 0.717) is 6.54 Å². The topological polar surface area (TPSA) is 38.3 Å². The lowest BCUT2D eigenvalue weighted by Crippen LogP contribution is -2.20. The summed E-state index contributed by atoms with van der Waals surface area (Å²) in [6.07, 6.45) is 3.30. The van der Waals surface area contributed by atoms with E-state index in [1.807, 2.05) is 48.5 Å². The Morgan fingerprint density at radius 2 is 1.90 bits per heavy atom. The zero-order valence-electron chi connectivity index (χ0n) is 11.7. The molecule has 0 fully saturated rings. The van der Waals surface area contributed by atoms with Gasteiger partial charge in [-0.1, -0.05) is 52.3 Å². The molecule has 0 unspecified atom stereocenters. The molecule has 0 radical (unpaired) electrons. The Morgan fingerprint density at radius 3 is 2.67 bits per heavy atom. The zero-order chi connectivity index (χ0) is 15.1. The standard InChI is InChI=1S/C17H16BrNO2/c1-21-16-9-5-3-7-14(16)12-19-17(20)11-10-13-6-2-4-8-15(13)18/h2-11H,12H2,1H3,(H,19,20)/b11-10+. The molecule has 2 aromatic rings. The molecule has 108 valence electrons. The van der Waals surface area contributed by atoms with Crippen LogP contribution in [0.2, 0.25) is 0 Å². The van der Waals surface area contributed by atoms with Crippen LogP contribution in [-0.4, -0.2) is 13.0 Å². The second-order valence-corrected chi connectivity index (χ2v) is 5.24. The number of methoxy groups -OCH3 is 1. The van der Waals surface area contributed by atoms with Gasteiger partial charge in [0.25, 0.3) is 0 Å². The normalized spacial score (nSPS) is 10.6. The van der Waals surface area contributed by atoms with E-state index in [2.05, 4.69) is 21.2 Å². The molecule has 2 rings (SSSR count). The fourth-order valence-electron chi connectivity index (χ4n) is 1.87. The summed E-state index contributed by atoms with van der Waals surface area (Å²) in [6, 6.07) is 15.4. The quantitative estimate of drug-likeness (QED) is 0.837. The van der Waals surface area contributed by atoms with Crippen molar-refractivity contribution < 1.29 is 9.53 Å². The lowest BCUT2D eigenvalue weighted by atomic mass is 10.2. The molecule has 0 bridgehead atoms. The number of para-hydroxylation sites is 1. The summed E-state index contributed by atoms with van der Waals surface area (Å²) < 4.78 is 6.20. The maximum atomic E-state index is 11.8. The van der Waals surface area contributed by atoms with Crippen molar-refractivity contribution in [2.24, 2.45) is 0 Å². The number of carbonyl (C=O) groups excluding carboxylic acids is 1. The maximum absolute atomic E-state index is 11.8. The third-order valence-corrected chi connectivity index (χ3v) is 3.69. The third-order valence-electron chi connectivity index (χ3n) is 2.97. The van der Waals surface area contributed by atoms with E-state index in [4.69, 9.17) is 4.74 Å². The Labute approximate surface area is 132 Å². The summed E-state index contributed by atoms with van der Waals surface area (Å²) in [5, 5.41) is 2.84. The average Bonchev–Trinajstić information content (AvgIpc) is 2.52. The van der Waals surface area contributed by atoms with Crippen molar-refractivity contribution in [1.29, 1.82) is 0 Å². The summed E-state index contributed by atoms with van der Waals surface area (Å²) in [6.45, 7) is 0.434. The summed E-state index contributed by atoms with van der Waals surface area (Å²) in [5.74, 6) is 0.629. The number of halogens is 1. The molecule has 21 heavy (non-hydrogen) atoms. The first-order valence-corrected chi connectivity index (χ1v) is 7.32. The Balaban J connectivity index is 1.95. The Kier molecular flexibility index (Phi) is 5.58. The van der Waals surface area contributed by atoms with Gasteiger partial charge in [0, 0.05) is 22.7 Å². The molecule has 0 aliphatic rings. The molecule has 0 heterocycles. The van der Waals surface area contributed by atoms with Crippen LogP contribution in [0.4, 0.5) is 0 Å². The second-order valence-electron chi connectivity index (χ2n) is 4.38. The largest absolute Gasteiger partial charge is 0.496 e. The lowest BCUT2D eigenvalue weighted by Gasteiger charge is -2.08. The van der Waals surface area contributed by atoms with Crippen LogP contribution in [0.15, 0.2) is 59.1 Å². The number of amides is 1. The molecule has 4 heteroatoms. The molecule has 0 aliphatic heterocycles. The van der Waals surface area contributed by atoms with Crippen LogP contribution in [0, 0.1) is 0 Å². The number of hydrogen-bond acceptors (Lipinski definition) is 2. The number of benzene rings is 2. The van der Waals surface area contributed by atoms with Gasteiger partial charge in [0.15, 0.2) is 0 Å². The summed E-state index contributed by atoms with van der Waals surface area (Å²) >= 11 is 3.44. The fourth-order valence-corrected chi connectivity index (χ4v) is 2.28. The monoisotopic (exact) mass is 345 g/mol. The molecule has 1 amide bonds. The maximum Gasteiger partial charge on any atom is 0.244 e. The number of carbonyl (C=O) groups is 1. The fraction of sp³-hybridized carbons (Fsp3) is 0.118. The van der Waals surface area contributed by atoms with Gasteiger partial charge in [0.2, 0.25) is 5.91 Å². The number of hydrogen-bond donors (Lipinski definition) is 1. The van der Waals surface area contributed by atoms with E-state index in [1.54, 1.807) is 13.2 Å². The highest BCUT2D eigenvalue weighted by Gasteiger charge is 2.03. The van der Waals surface area contributed by atoms with E-state index in [0.717, 1.165) is 21.3 Å². The van der Waals surface area contributed by atoms with Crippen molar-refractivity contribution in [2.45, 2.75) is 6.54 Å². The molecular formula is C17H16BrNO2. The van der Waals surface area contributed by atoms with Gasteiger partial charge in [0.1, 0.15) is 5.75 Å². The van der Waals surface area contributed by atoms with Crippen LogP contribution in [-0.2, 0) is 11.3 Å². The number of ether oxygens (including phenoxy) is 1. The molecule has 0 saturated heterocycles. The van der Waals surface area contributed by atoms with Crippen LogP contribution in [0.5, 0.6) is 5.75 Å². The SMILES string of the molecule is COc1ccccc1CNC(=O)/C=C/c1ccccc1Br. The van der Waals surface area contributed by atoms with E-state index in [-0.39, 0.29) is 5.91 Å². The van der Waals surface area contributed by atoms with Gasteiger partial charge in [-0.15, -0.1) is 0 Å². The summed E-state index contributed by atoms with van der Waals surface area (Å²) in [7, 11) is 1.62. The molecule has 0 spiro atoms. The van der Waals surface area contributed by atoms with Gasteiger partial charge < -0.3 is 10.1 Å². The van der Waals surface area contributed by atoms with Gasteiger partial charge in [-0.05, 0) is 23.8 Å². The van der Waals surface area contributed by atoms with Crippen LogP contribution in [0.3, 0.4) is 0 Å². The van der Waals surface area contributed by atoms with Crippen molar-refractivity contribution in [3.05, 3.63) is 70.2 Å². The van der Waals surface area contributed by atoms with E-state index >= 15 is 0 Å². The first kappa shape index (κ1) is 15.3. The van der Waals surface area contributed by atoms with Gasteiger partial charge in [-0.2, -0.15) is 0 Å². The van der Waals surface area contributed by atoms with Crippen molar-refractivity contribution in [3.8, 4) is 5.75 Å². The van der Waals surface area contributed by atoms with Crippen LogP contribution < -0.4 is 10.1 Å². The van der Waals surface area contributed by atoms with Gasteiger partial charge in [0.05, 0.1) is 7.11 Å². The van der Waals surface area contributed by atoms with Crippen molar-refractivity contribution >= 4 is 27.9 Å². The molecule has 0 saturated carbocycles. The molecule has 1 N–H and O–H groups in total. The molecule has 0 aliphatic carbocycles. The van der Waals surface area contributed by atoms with Crippen molar-refractivity contribution in [3.63, 3.8) is 0 Å². The predicted molar refractivity (Wildman–Crippen MR) is 88.0 cm³/mol. The number of rotatable bonds is 5. The van der Waals surface area contributed by atoms with E-state index in [1.165, 1.54) is 6.08 Å². The average molecular weight is 346 g/mol. The summed E-state index contributed by atoms with van der Waals surface area (Å²) in [4.78, 5) is 11.8. The molecule has 0 atom stereocenters. The number of nitrogens with one attached hydrogen (secondary N) is 1. The van der Waals surface area contributed by atoms with Crippen LogP contribution in [0.25, 0.3) is 6.08 Å². The molecular weight excluding hydrogens is 330 g/mol. The first-order chi connectivity index (χ1) is 10.2. The first-order valence-electron chi connectivity index (χ1n) is 6.53. The van der Waals surface area contributed by atoms with Gasteiger partial charge in [-0.3, -0.25) is 4.79 Å². The zero-order valence-corrected chi connectivity index (χ0v) is 13.3. The van der Waals surface area contributed by atoms with Crippen LogP contribution >= 0.6 is 15.9 Å². The third kappa shape index (κ3) is 4.46. The molecule has 3 nitrogen and oxygen atoms in total. The highest BCUT2D eigenvalue weighted by atomic mass is 79.9. The highest BCUT2D eigenvalue weighted by Crippen LogP contribution is 2.18.